The summed E-state index contributed by atoms with van der Waals surface area (Å²) in [5.41, 5.74) is -0.0305. The van der Waals surface area contributed by atoms with Crippen molar-refractivity contribution in [2.75, 3.05) is 7.11 Å². The molecule has 1 rings (SSSR count). The number of methoxy groups -OCH3 is 1. The van der Waals surface area contributed by atoms with E-state index in [4.69, 9.17) is 9.47 Å². The fourth-order valence-corrected chi connectivity index (χ4v) is 3.41. The van der Waals surface area contributed by atoms with Gasteiger partial charge >= 0.3 is 12.1 Å². The van der Waals surface area contributed by atoms with Crippen molar-refractivity contribution in [2.45, 2.75) is 85.0 Å². The molecule has 0 unspecified atom stereocenters. The highest BCUT2D eigenvalue weighted by molar-refractivity contribution is 5.93. The van der Waals surface area contributed by atoms with Crippen LogP contribution in [0.15, 0.2) is 24.3 Å². The highest BCUT2D eigenvalue weighted by Gasteiger charge is 2.32. The normalized spacial score (nSPS) is 13.9. The second-order valence-corrected chi connectivity index (χ2v) is 10.5. The monoisotopic (exact) mass is 507 g/mol. The van der Waals surface area contributed by atoms with Gasteiger partial charge in [0.1, 0.15) is 29.5 Å². The summed E-state index contributed by atoms with van der Waals surface area (Å²) in [5.74, 6) is -1.88. The number of hydrogen-bond donors (Lipinski definition) is 4. The Labute approximate surface area is 213 Å². The molecule has 36 heavy (non-hydrogen) atoms. The fourth-order valence-electron chi connectivity index (χ4n) is 3.41. The molecule has 0 saturated heterocycles. The van der Waals surface area contributed by atoms with Gasteiger partial charge in [-0.1, -0.05) is 39.8 Å². The number of rotatable bonds is 11. The molecule has 0 bridgehead atoms. The third-order valence-corrected chi connectivity index (χ3v) is 5.14. The second-order valence-electron chi connectivity index (χ2n) is 10.5. The zero-order chi connectivity index (χ0) is 27.6. The molecule has 0 aliphatic carbocycles. The summed E-state index contributed by atoms with van der Waals surface area (Å²) in [4.78, 5) is 51.0. The number of carbonyl (C=O) groups is 4. The third kappa shape index (κ3) is 11.0. The Morgan fingerprint density at radius 3 is 1.92 bits per heavy atom. The lowest BCUT2D eigenvalue weighted by Crippen LogP contribution is -2.57. The predicted molar refractivity (Wildman–Crippen MR) is 135 cm³/mol. The zero-order valence-corrected chi connectivity index (χ0v) is 22.5. The molecule has 1 aromatic carbocycles. The van der Waals surface area contributed by atoms with Gasteiger partial charge < -0.3 is 30.5 Å². The molecule has 0 radical (unpaired) electrons. The van der Waals surface area contributed by atoms with E-state index >= 15 is 0 Å². The second kappa shape index (κ2) is 13.7. The number of amides is 3. The molecule has 0 fully saturated rings. The quantitative estimate of drug-likeness (QED) is 0.337. The maximum Gasteiger partial charge on any atom is 0.408 e. The number of phenolic OH excluding ortho intramolecular Hbond substituents is 1. The van der Waals surface area contributed by atoms with E-state index in [1.165, 1.54) is 19.2 Å². The Morgan fingerprint density at radius 1 is 0.889 bits per heavy atom. The summed E-state index contributed by atoms with van der Waals surface area (Å²) >= 11 is 0. The minimum absolute atomic E-state index is 0.0473. The van der Waals surface area contributed by atoms with Gasteiger partial charge in [0.15, 0.2) is 0 Å². The van der Waals surface area contributed by atoms with Crippen molar-refractivity contribution >= 4 is 23.9 Å². The zero-order valence-electron chi connectivity index (χ0n) is 22.5. The van der Waals surface area contributed by atoms with Gasteiger partial charge in [-0.2, -0.15) is 0 Å². The van der Waals surface area contributed by atoms with Crippen LogP contribution in [0, 0.1) is 11.8 Å². The van der Waals surface area contributed by atoms with Crippen molar-refractivity contribution in [3.8, 4) is 5.75 Å². The molecule has 0 heterocycles. The van der Waals surface area contributed by atoms with E-state index in [-0.39, 0.29) is 24.0 Å². The lowest BCUT2D eigenvalue weighted by atomic mass is 9.99. The smallest absolute Gasteiger partial charge is 0.408 e. The Balaban J connectivity index is 3.03. The Hall–Kier alpha value is -3.30. The van der Waals surface area contributed by atoms with E-state index in [9.17, 15) is 24.3 Å². The van der Waals surface area contributed by atoms with Gasteiger partial charge in [-0.05, 0) is 56.7 Å². The van der Waals surface area contributed by atoms with Crippen LogP contribution < -0.4 is 16.0 Å². The van der Waals surface area contributed by atoms with Crippen LogP contribution in [0.3, 0.4) is 0 Å². The lowest BCUT2D eigenvalue weighted by molar-refractivity contribution is -0.145. The fraction of sp³-hybridized carbons (Fsp3) is 0.615. The Morgan fingerprint density at radius 2 is 1.44 bits per heavy atom. The SMILES string of the molecule is COC(=O)[C@@H](Cc1ccc(O)cc1)NC(=O)[C@H](CC(C)C)NC(=O)[C@@H](NC(=O)OC(C)(C)C)C(C)C. The number of hydrogen-bond acceptors (Lipinski definition) is 7. The van der Waals surface area contributed by atoms with Crippen molar-refractivity contribution < 1.29 is 33.8 Å². The van der Waals surface area contributed by atoms with Gasteiger partial charge in [0, 0.05) is 6.42 Å². The van der Waals surface area contributed by atoms with Gasteiger partial charge in [0.25, 0.3) is 0 Å². The number of phenols is 1. The first kappa shape index (κ1) is 30.7. The molecule has 10 heteroatoms. The number of aromatic hydroxyl groups is 1. The first-order valence-electron chi connectivity index (χ1n) is 12.1. The molecule has 1 aromatic rings. The number of benzene rings is 1. The molecule has 4 N–H and O–H groups in total. The molecule has 0 saturated carbocycles. The van der Waals surface area contributed by atoms with E-state index in [2.05, 4.69) is 16.0 Å². The molecule has 0 aliphatic rings. The highest BCUT2D eigenvalue weighted by Crippen LogP contribution is 2.14. The summed E-state index contributed by atoms with van der Waals surface area (Å²) in [5, 5.41) is 17.5. The molecule has 0 aliphatic heterocycles. The van der Waals surface area contributed by atoms with Gasteiger partial charge in [-0.15, -0.1) is 0 Å². The number of esters is 1. The van der Waals surface area contributed by atoms with Crippen LogP contribution >= 0.6 is 0 Å². The Bertz CT molecular complexity index is 892. The predicted octanol–water partition coefficient (Wildman–Crippen LogP) is 2.67. The molecule has 0 spiro atoms. The van der Waals surface area contributed by atoms with Crippen molar-refractivity contribution in [3.05, 3.63) is 29.8 Å². The van der Waals surface area contributed by atoms with Crippen LogP contribution in [-0.4, -0.2) is 59.8 Å². The molecule has 3 atom stereocenters. The third-order valence-electron chi connectivity index (χ3n) is 5.14. The van der Waals surface area contributed by atoms with Crippen LogP contribution in [0.2, 0.25) is 0 Å². The van der Waals surface area contributed by atoms with E-state index < -0.39 is 47.6 Å². The molecule has 10 nitrogen and oxygen atoms in total. The van der Waals surface area contributed by atoms with Gasteiger partial charge in [-0.3, -0.25) is 9.59 Å². The lowest BCUT2D eigenvalue weighted by Gasteiger charge is -2.28. The van der Waals surface area contributed by atoms with E-state index in [0.29, 0.717) is 12.0 Å². The van der Waals surface area contributed by atoms with Crippen molar-refractivity contribution in [1.29, 1.82) is 0 Å². The maximum absolute atomic E-state index is 13.2. The number of nitrogens with one attached hydrogen (secondary N) is 3. The average Bonchev–Trinajstić information content (AvgIpc) is 2.75. The minimum atomic E-state index is -1.00. The first-order chi connectivity index (χ1) is 16.6. The highest BCUT2D eigenvalue weighted by atomic mass is 16.6. The van der Waals surface area contributed by atoms with Gasteiger partial charge in [0.05, 0.1) is 7.11 Å². The van der Waals surface area contributed by atoms with E-state index in [1.807, 2.05) is 13.8 Å². The van der Waals surface area contributed by atoms with E-state index in [0.717, 1.165) is 0 Å². The van der Waals surface area contributed by atoms with Crippen LogP contribution in [-0.2, 0) is 30.3 Å². The largest absolute Gasteiger partial charge is 0.508 e. The van der Waals surface area contributed by atoms with Crippen molar-refractivity contribution in [1.82, 2.24) is 16.0 Å². The summed E-state index contributed by atoms with van der Waals surface area (Å²) in [6.07, 6.45) is -0.293. The first-order valence-corrected chi connectivity index (χ1v) is 12.1. The van der Waals surface area contributed by atoms with Crippen molar-refractivity contribution in [2.24, 2.45) is 11.8 Å². The molecule has 202 valence electrons. The molecular weight excluding hydrogens is 466 g/mol. The van der Waals surface area contributed by atoms with Crippen LogP contribution in [0.5, 0.6) is 5.75 Å². The summed E-state index contributed by atoms with van der Waals surface area (Å²) < 4.78 is 10.1. The number of ether oxygens (including phenoxy) is 2. The number of carbonyl (C=O) groups excluding carboxylic acids is 4. The number of alkyl carbamates (subject to hydrolysis) is 1. The molecular formula is C26H41N3O7. The summed E-state index contributed by atoms with van der Waals surface area (Å²) in [6, 6.07) is 3.36. The van der Waals surface area contributed by atoms with Crippen LogP contribution in [0.25, 0.3) is 0 Å². The van der Waals surface area contributed by atoms with Crippen LogP contribution in [0.1, 0.15) is 60.5 Å². The van der Waals surface area contributed by atoms with Crippen LogP contribution in [0.4, 0.5) is 4.79 Å². The van der Waals surface area contributed by atoms with Crippen molar-refractivity contribution in [3.63, 3.8) is 0 Å². The summed E-state index contributed by atoms with van der Waals surface area (Å²) in [7, 11) is 1.22. The Kier molecular flexibility index (Phi) is 11.7. The molecule has 3 amide bonds. The topological polar surface area (TPSA) is 143 Å². The van der Waals surface area contributed by atoms with Gasteiger partial charge in [-0.25, -0.2) is 9.59 Å². The molecule has 0 aromatic heterocycles. The minimum Gasteiger partial charge on any atom is -0.508 e. The maximum atomic E-state index is 13.2. The van der Waals surface area contributed by atoms with E-state index in [1.54, 1.807) is 46.8 Å². The average molecular weight is 508 g/mol. The summed E-state index contributed by atoms with van der Waals surface area (Å²) in [6.45, 7) is 12.5. The standard InChI is InChI=1S/C26H41N3O7/c1-15(2)13-19(27-23(32)21(16(3)4)29-25(34)36-26(5,6)7)22(31)28-20(24(33)35-8)14-17-9-11-18(30)12-10-17/h9-12,15-16,19-21,30H,13-14H2,1-8H3,(H,27,32)(H,28,31)(H,29,34)/t19-,20+,21-/m0/s1. The van der Waals surface area contributed by atoms with Gasteiger partial charge in [0.2, 0.25) is 11.8 Å².